The van der Waals surface area contributed by atoms with E-state index >= 15 is 0 Å². The molecule has 0 saturated carbocycles. The van der Waals surface area contributed by atoms with Crippen LogP contribution < -0.4 is 0 Å². The van der Waals surface area contributed by atoms with Gasteiger partial charge in [-0.1, -0.05) is 0 Å². The number of hydrogen-bond donors (Lipinski definition) is 2. The van der Waals surface area contributed by atoms with Crippen LogP contribution in [0.4, 0.5) is 0 Å². The summed E-state index contributed by atoms with van der Waals surface area (Å²) >= 11 is 0. The minimum absolute atomic E-state index is 0.519. The van der Waals surface area contributed by atoms with Gasteiger partial charge < -0.3 is 9.80 Å². The smallest absolute Gasteiger partial charge is 0.261 e. The van der Waals surface area contributed by atoms with E-state index in [0.29, 0.717) is 12.2 Å². The van der Waals surface area contributed by atoms with Crippen molar-refractivity contribution in [3.8, 4) is 0 Å². The summed E-state index contributed by atoms with van der Waals surface area (Å²) in [4.78, 5) is 3.50. The summed E-state index contributed by atoms with van der Waals surface area (Å²) in [6.07, 6.45) is 0.715. The van der Waals surface area contributed by atoms with Crippen LogP contribution in [0.1, 0.15) is 0 Å². The normalized spacial score (nSPS) is 9.69. The Labute approximate surface area is 79.4 Å². The van der Waals surface area contributed by atoms with Gasteiger partial charge in [-0.25, -0.2) is 0 Å². The Balaban J connectivity index is 0. The second-order valence-electron chi connectivity index (χ2n) is 2.85. The van der Waals surface area contributed by atoms with Gasteiger partial charge in [-0.15, -0.1) is 0 Å². The maximum Gasteiger partial charge on any atom is 0.261 e. The lowest BCUT2D eigenvalue weighted by atomic mass is 10.7. The van der Waals surface area contributed by atoms with Crippen LogP contribution in [0.25, 0.3) is 0 Å². The molecule has 0 aliphatic rings. The summed E-state index contributed by atoms with van der Waals surface area (Å²) in [6.45, 7) is 0. The molecule has 80 valence electrons. The maximum absolute atomic E-state index is 9.19. The molecule has 0 spiro atoms. The Morgan fingerprint density at radius 3 is 1.31 bits per heavy atom. The third-order valence-electron chi connectivity index (χ3n) is 0.847. The predicted octanol–water partition coefficient (Wildman–Crippen LogP) is -0.452. The Morgan fingerprint density at radius 2 is 1.31 bits per heavy atom. The number of nitrogens with zero attached hydrogens (tertiary/aromatic N) is 2. The van der Waals surface area contributed by atoms with Gasteiger partial charge in [0.15, 0.2) is 5.96 Å². The molecule has 6 nitrogen and oxygen atoms in total. The molecule has 0 rings (SSSR count). The van der Waals surface area contributed by atoms with Crippen LogP contribution in [0.3, 0.4) is 0 Å². The van der Waals surface area contributed by atoms with E-state index in [9.17, 15) is 8.42 Å². The van der Waals surface area contributed by atoms with Crippen molar-refractivity contribution >= 4 is 16.1 Å². The van der Waals surface area contributed by atoms with E-state index in [0.717, 1.165) is 0 Å². The topological polar surface area (TPSA) is 84.7 Å². The zero-order chi connectivity index (χ0) is 11.2. The molecular formula is C6H17N3O3S. The van der Waals surface area contributed by atoms with Gasteiger partial charge in [0, 0.05) is 28.2 Å². The molecule has 0 aromatic heterocycles. The van der Waals surface area contributed by atoms with Gasteiger partial charge in [-0.05, 0) is 0 Å². The average Bonchev–Trinajstić information content (AvgIpc) is 1.81. The third-order valence-corrected chi connectivity index (χ3v) is 0.847. The molecule has 0 saturated heterocycles. The van der Waals surface area contributed by atoms with Crippen molar-refractivity contribution in [3.05, 3.63) is 0 Å². The lowest BCUT2D eigenvalue weighted by Crippen LogP contribution is -2.34. The number of hydrogen-bond acceptors (Lipinski definition) is 3. The molecule has 7 heteroatoms. The zero-order valence-corrected chi connectivity index (χ0v) is 9.38. The first-order valence-corrected chi connectivity index (χ1v) is 5.26. The van der Waals surface area contributed by atoms with E-state index in [2.05, 4.69) is 0 Å². The van der Waals surface area contributed by atoms with Crippen molar-refractivity contribution in [3.63, 3.8) is 0 Å². The molecule has 0 unspecified atom stereocenters. The molecule has 0 aromatic rings. The Bertz CT molecular complexity index is 228. The van der Waals surface area contributed by atoms with Gasteiger partial charge in [-0.3, -0.25) is 9.96 Å². The van der Waals surface area contributed by atoms with Crippen molar-refractivity contribution in [2.75, 3.05) is 34.4 Å². The molecule has 0 amide bonds. The van der Waals surface area contributed by atoms with Crippen LogP contribution in [0.5, 0.6) is 0 Å². The molecule has 0 bridgehead atoms. The van der Waals surface area contributed by atoms with E-state index in [-0.39, 0.29) is 0 Å². The molecule has 0 fully saturated rings. The van der Waals surface area contributed by atoms with Gasteiger partial charge in [0.1, 0.15) is 0 Å². The molecule has 0 aliphatic carbocycles. The minimum Gasteiger partial charge on any atom is -0.349 e. The summed E-state index contributed by atoms with van der Waals surface area (Å²) in [5.74, 6) is 0.519. The monoisotopic (exact) mass is 211 g/mol. The summed E-state index contributed by atoms with van der Waals surface area (Å²) in [5.41, 5.74) is 0. The molecule has 2 N–H and O–H groups in total. The highest BCUT2D eigenvalue weighted by Crippen LogP contribution is 1.80. The molecule has 0 atom stereocenters. The molecular weight excluding hydrogens is 194 g/mol. The van der Waals surface area contributed by atoms with Crippen LogP contribution >= 0.6 is 0 Å². The van der Waals surface area contributed by atoms with Crippen molar-refractivity contribution in [1.82, 2.24) is 9.80 Å². The summed E-state index contributed by atoms with van der Waals surface area (Å²) in [7, 11) is 3.73. The zero-order valence-electron chi connectivity index (χ0n) is 8.57. The molecule has 0 radical (unpaired) electrons. The quantitative estimate of drug-likeness (QED) is 0.322. The first-order valence-electron chi connectivity index (χ1n) is 3.41. The predicted molar refractivity (Wildman–Crippen MR) is 52.6 cm³/mol. The lowest BCUT2D eigenvalue weighted by Gasteiger charge is -2.19. The maximum atomic E-state index is 9.19. The Morgan fingerprint density at radius 1 is 1.15 bits per heavy atom. The first kappa shape index (κ1) is 14.7. The van der Waals surface area contributed by atoms with E-state index in [4.69, 9.17) is 9.96 Å². The van der Waals surface area contributed by atoms with Crippen molar-refractivity contribution in [2.45, 2.75) is 0 Å². The summed E-state index contributed by atoms with van der Waals surface area (Å²) < 4.78 is 25.9. The molecule has 0 aromatic carbocycles. The highest BCUT2D eigenvalue weighted by molar-refractivity contribution is 7.85. The average molecular weight is 211 g/mol. The number of guanidine groups is 1. The van der Waals surface area contributed by atoms with Crippen molar-refractivity contribution in [2.24, 2.45) is 0 Å². The van der Waals surface area contributed by atoms with Crippen molar-refractivity contribution < 1.29 is 13.0 Å². The summed E-state index contributed by atoms with van der Waals surface area (Å²) in [6, 6.07) is 0. The summed E-state index contributed by atoms with van der Waals surface area (Å²) in [5, 5.41) is 7.25. The number of nitrogens with one attached hydrogen (secondary N) is 1. The van der Waals surface area contributed by atoms with Crippen LogP contribution in [0.2, 0.25) is 0 Å². The number of rotatable bonds is 0. The Hall–Kier alpha value is -0.820. The fourth-order valence-corrected chi connectivity index (χ4v) is 0.400. The molecule has 0 aliphatic heterocycles. The SMILES string of the molecule is CN(C)C(=N)N(C)C.CS(=O)(=O)O. The van der Waals surface area contributed by atoms with Gasteiger partial charge in [0.25, 0.3) is 10.1 Å². The van der Waals surface area contributed by atoms with Gasteiger partial charge in [-0.2, -0.15) is 8.42 Å². The first-order chi connectivity index (χ1) is 5.55. The van der Waals surface area contributed by atoms with Crippen molar-refractivity contribution in [1.29, 1.82) is 5.41 Å². The lowest BCUT2D eigenvalue weighted by molar-refractivity contribution is 0.478. The molecule has 0 heterocycles. The van der Waals surface area contributed by atoms with Crippen LogP contribution in [-0.4, -0.2) is 63.2 Å². The minimum atomic E-state index is -3.67. The second-order valence-corrected chi connectivity index (χ2v) is 4.31. The second kappa shape index (κ2) is 5.76. The Kier molecular flexibility index (Phi) is 6.51. The highest BCUT2D eigenvalue weighted by atomic mass is 32.2. The standard InChI is InChI=1S/C5H13N3.CH4O3S/c1-7(2)5(6)8(3)4;1-5(2,3)4/h6H,1-4H3;1H3,(H,2,3,4). The largest absolute Gasteiger partial charge is 0.349 e. The van der Waals surface area contributed by atoms with Crippen LogP contribution in [-0.2, 0) is 10.1 Å². The van der Waals surface area contributed by atoms with Gasteiger partial charge in [0.05, 0.1) is 6.26 Å². The third kappa shape index (κ3) is 18.3. The van der Waals surface area contributed by atoms with Gasteiger partial charge >= 0.3 is 0 Å². The van der Waals surface area contributed by atoms with E-state index in [1.165, 1.54) is 0 Å². The van der Waals surface area contributed by atoms with Crippen LogP contribution in [0, 0.1) is 5.41 Å². The fourth-order valence-electron chi connectivity index (χ4n) is 0.400. The van der Waals surface area contributed by atoms with Gasteiger partial charge in [0.2, 0.25) is 0 Å². The highest BCUT2D eigenvalue weighted by Gasteiger charge is 1.97. The van der Waals surface area contributed by atoms with E-state index in [1.54, 1.807) is 9.80 Å². The van der Waals surface area contributed by atoms with E-state index in [1.807, 2.05) is 28.2 Å². The molecule has 13 heavy (non-hydrogen) atoms. The van der Waals surface area contributed by atoms with E-state index < -0.39 is 10.1 Å². The van der Waals surface area contributed by atoms with Crippen LogP contribution in [0.15, 0.2) is 0 Å². The fraction of sp³-hybridized carbons (Fsp3) is 0.833.